The Hall–Kier alpha value is -1.66. The predicted octanol–water partition coefficient (Wildman–Crippen LogP) is 0.660. The molecule has 1 aromatic rings. The van der Waals surface area contributed by atoms with Gasteiger partial charge in [0.25, 0.3) is 0 Å². The lowest BCUT2D eigenvalue weighted by Crippen LogP contribution is -2.39. The Balaban J connectivity index is 1.95. The fraction of sp³-hybridized carbons (Fsp3) is 0.600. The van der Waals surface area contributed by atoms with E-state index in [1.165, 1.54) is 0 Å². The Kier molecular flexibility index (Phi) is 5.14. The Labute approximate surface area is 125 Å². The van der Waals surface area contributed by atoms with Crippen molar-refractivity contribution in [3.05, 3.63) is 30.1 Å². The molecule has 0 radical (unpaired) electrons. The first-order valence-corrected chi connectivity index (χ1v) is 7.24. The highest BCUT2D eigenvalue weighted by atomic mass is 16.5. The summed E-state index contributed by atoms with van der Waals surface area (Å²) in [5, 5.41) is 7.15. The van der Waals surface area contributed by atoms with Crippen LogP contribution in [0, 0.1) is 0 Å². The van der Waals surface area contributed by atoms with E-state index in [1.807, 2.05) is 44.5 Å². The van der Waals surface area contributed by atoms with E-state index in [4.69, 9.17) is 4.74 Å². The van der Waals surface area contributed by atoms with Crippen LogP contribution in [0.15, 0.2) is 24.5 Å². The summed E-state index contributed by atoms with van der Waals surface area (Å²) in [4.78, 5) is 13.9. The molecule has 1 unspecified atom stereocenters. The van der Waals surface area contributed by atoms with Gasteiger partial charge in [0, 0.05) is 38.0 Å². The van der Waals surface area contributed by atoms with Crippen LogP contribution in [0.3, 0.4) is 0 Å². The van der Waals surface area contributed by atoms with Crippen LogP contribution in [0.2, 0.25) is 0 Å². The summed E-state index contributed by atoms with van der Waals surface area (Å²) in [6.45, 7) is 1.95. The topological polar surface area (TPSA) is 59.4 Å². The molecule has 0 bridgehead atoms. The van der Waals surface area contributed by atoms with E-state index >= 15 is 0 Å². The van der Waals surface area contributed by atoms with Crippen LogP contribution < -0.4 is 5.32 Å². The zero-order valence-electron chi connectivity index (χ0n) is 13.0. The molecule has 0 saturated carbocycles. The Bertz CT molecular complexity index is 502. The highest BCUT2D eigenvalue weighted by molar-refractivity contribution is 5.87. The molecule has 116 valence electrons. The van der Waals surface area contributed by atoms with Crippen molar-refractivity contribution in [2.45, 2.75) is 18.4 Å². The molecule has 1 amide bonds. The first-order chi connectivity index (χ1) is 10.0. The van der Waals surface area contributed by atoms with Gasteiger partial charge in [-0.25, -0.2) is 0 Å². The maximum absolute atomic E-state index is 11.9. The Morgan fingerprint density at radius 2 is 2.43 bits per heavy atom. The standard InChI is InChI=1S/C15H24N4O2/c1-18(2)8-4-6-14(20)16-12-15(7-5-9-21-15)13-10-17-19(3)11-13/h4,6,10-11H,5,7-9,12H2,1-3H3,(H,16,20)/b6-4+. The number of carbonyl (C=O) groups is 1. The van der Waals surface area contributed by atoms with Crippen LogP contribution in [0.5, 0.6) is 0 Å². The number of ether oxygens (including phenoxy) is 1. The van der Waals surface area contributed by atoms with Crippen LogP contribution in [-0.4, -0.2) is 54.4 Å². The maximum Gasteiger partial charge on any atom is 0.243 e. The number of nitrogens with one attached hydrogen (secondary N) is 1. The summed E-state index contributed by atoms with van der Waals surface area (Å²) in [5.41, 5.74) is 0.597. The lowest BCUT2D eigenvalue weighted by molar-refractivity contribution is -0.118. The lowest BCUT2D eigenvalue weighted by atomic mass is 9.93. The number of hydrogen-bond donors (Lipinski definition) is 1. The lowest BCUT2D eigenvalue weighted by Gasteiger charge is -2.27. The zero-order chi connectivity index (χ0) is 15.3. The van der Waals surface area contributed by atoms with Crippen LogP contribution in [0.4, 0.5) is 0 Å². The molecule has 0 aromatic carbocycles. The van der Waals surface area contributed by atoms with Crippen molar-refractivity contribution in [1.29, 1.82) is 0 Å². The summed E-state index contributed by atoms with van der Waals surface area (Å²) >= 11 is 0. The van der Waals surface area contributed by atoms with Crippen molar-refractivity contribution < 1.29 is 9.53 Å². The van der Waals surface area contributed by atoms with Gasteiger partial charge < -0.3 is 15.0 Å². The Morgan fingerprint density at radius 1 is 1.62 bits per heavy atom. The average molecular weight is 292 g/mol. The van der Waals surface area contributed by atoms with E-state index in [0.717, 1.165) is 31.6 Å². The summed E-state index contributed by atoms with van der Waals surface area (Å²) < 4.78 is 7.69. The fourth-order valence-corrected chi connectivity index (χ4v) is 2.48. The monoisotopic (exact) mass is 292 g/mol. The first kappa shape index (κ1) is 15.7. The minimum absolute atomic E-state index is 0.0874. The van der Waals surface area contributed by atoms with E-state index in [-0.39, 0.29) is 5.91 Å². The summed E-state index contributed by atoms with van der Waals surface area (Å²) in [5.74, 6) is -0.0874. The smallest absolute Gasteiger partial charge is 0.243 e. The van der Waals surface area contributed by atoms with Gasteiger partial charge in [-0.2, -0.15) is 5.10 Å². The predicted molar refractivity (Wildman–Crippen MR) is 80.8 cm³/mol. The van der Waals surface area contributed by atoms with Crippen LogP contribution >= 0.6 is 0 Å². The molecule has 1 aliphatic rings. The van der Waals surface area contributed by atoms with Crippen molar-refractivity contribution in [3.63, 3.8) is 0 Å². The molecule has 2 rings (SSSR count). The molecule has 2 heterocycles. The number of aryl methyl sites for hydroxylation is 1. The number of rotatable bonds is 6. The molecular weight excluding hydrogens is 268 g/mol. The number of nitrogens with zero attached hydrogens (tertiary/aromatic N) is 3. The second-order valence-electron chi connectivity index (χ2n) is 5.73. The molecule has 1 aromatic heterocycles. The zero-order valence-corrected chi connectivity index (χ0v) is 13.0. The SMILES string of the molecule is CN(C)C/C=C/C(=O)NCC1(c2cnn(C)c2)CCCO1. The van der Waals surface area contributed by atoms with Gasteiger partial charge in [-0.15, -0.1) is 0 Å². The normalized spacial score (nSPS) is 22.3. The second kappa shape index (κ2) is 6.87. The molecule has 1 atom stereocenters. The average Bonchev–Trinajstić information content (AvgIpc) is 3.05. The summed E-state index contributed by atoms with van der Waals surface area (Å²) in [7, 11) is 5.81. The van der Waals surface area contributed by atoms with E-state index < -0.39 is 5.60 Å². The van der Waals surface area contributed by atoms with E-state index in [1.54, 1.807) is 10.8 Å². The number of amides is 1. The van der Waals surface area contributed by atoms with Crippen molar-refractivity contribution in [3.8, 4) is 0 Å². The quantitative estimate of drug-likeness (QED) is 0.783. The van der Waals surface area contributed by atoms with Crippen LogP contribution in [-0.2, 0) is 22.2 Å². The number of likely N-dealkylation sites (N-methyl/N-ethyl adjacent to an activating group) is 1. The number of carbonyl (C=O) groups excluding carboxylic acids is 1. The van der Waals surface area contributed by atoms with E-state index in [0.29, 0.717) is 6.54 Å². The van der Waals surface area contributed by atoms with Gasteiger partial charge in [0.05, 0.1) is 12.7 Å². The molecule has 1 fully saturated rings. The van der Waals surface area contributed by atoms with Crippen molar-refractivity contribution in [2.24, 2.45) is 7.05 Å². The highest BCUT2D eigenvalue weighted by Gasteiger charge is 2.38. The van der Waals surface area contributed by atoms with Crippen LogP contribution in [0.25, 0.3) is 0 Å². The van der Waals surface area contributed by atoms with Gasteiger partial charge in [0.1, 0.15) is 5.60 Å². The molecule has 6 heteroatoms. The molecule has 1 saturated heterocycles. The van der Waals surface area contributed by atoms with Gasteiger partial charge in [-0.3, -0.25) is 9.48 Å². The van der Waals surface area contributed by atoms with E-state index in [9.17, 15) is 4.79 Å². The van der Waals surface area contributed by atoms with Gasteiger partial charge >= 0.3 is 0 Å². The minimum atomic E-state index is -0.431. The maximum atomic E-state index is 11.9. The third-order valence-electron chi connectivity index (χ3n) is 3.62. The minimum Gasteiger partial charge on any atom is -0.368 e. The molecule has 0 spiro atoms. The van der Waals surface area contributed by atoms with E-state index in [2.05, 4.69) is 10.4 Å². The molecule has 1 aliphatic heterocycles. The number of aromatic nitrogens is 2. The molecule has 21 heavy (non-hydrogen) atoms. The molecule has 0 aliphatic carbocycles. The van der Waals surface area contributed by atoms with Crippen LogP contribution in [0.1, 0.15) is 18.4 Å². The Morgan fingerprint density at radius 3 is 3.00 bits per heavy atom. The highest BCUT2D eigenvalue weighted by Crippen LogP contribution is 2.35. The number of hydrogen-bond acceptors (Lipinski definition) is 4. The largest absolute Gasteiger partial charge is 0.368 e. The third-order valence-corrected chi connectivity index (χ3v) is 3.62. The van der Waals surface area contributed by atoms with Gasteiger partial charge in [-0.05, 0) is 26.9 Å². The van der Waals surface area contributed by atoms with Crippen molar-refractivity contribution in [2.75, 3.05) is 33.8 Å². The van der Waals surface area contributed by atoms with Crippen molar-refractivity contribution >= 4 is 5.91 Å². The third kappa shape index (κ3) is 4.15. The molecular formula is C15H24N4O2. The fourth-order valence-electron chi connectivity index (χ4n) is 2.48. The summed E-state index contributed by atoms with van der Waals surface area (Å²) in [6.07, 6.45) is 9.10. The van der Waals surface area contributed by atoms with Gasteiger partial charge in [0.2, 0.25) is 5.91 Å². The molecule has 6 nitrogen and oxygen atoms in total. The van der Waals surface area contributed by atoms with Gasteiger partial charge in [-0.1, -0.05) is 6.08 Å². The second-order valence-corrected chi connectivity index (χ2v) is 5.73. The van der Waals surface area contributed by atoms with Gasteiger partial charge in [0.15, 0.2) is 0 Å². The molecule has 1 N–H and O–H groups in total. The summed E-state index contributed by atoms with van der Waals surface area (Å²) in [6, 6.07) is 0. The first-order valence-electron chi connectivity index (χ1n) is 7.24. The van der Waals surface area contributed by atoms with Crippen molar-refractivity contribution in [1.82, 2.24) is 20.0 Å².